The Balaban J connectivity index is 2.13. The summed E-state index contributed by atoms with van der Waals surface area (Å²) in [6.07, 6.45) is 11.3. The lowest BCUT2D eigenvalue weighted by atomic mass is 9.96. The fourth-order valence-corrected chi connectivity index (χ4v) is 3.86. The highest BCUT2D eigenvalue weighted by molar-refractivity contribution is 5.65. The van der Waals surface area contributed by atoms with E-state index in [2.05, 4.69) is 13.0 Å². The van der Waals surface area contributed by atoms with Crippen molar-refractivity contribution in [2.75, 3.05) is 7.11 Å². The first-order chi connectivity index (χ1) is 14.1. The number of nitrogens with zero attached hydrogens (tertiary/aromatic N) is 2. The summed E-state index contributed by atoms with van der Waals surface area (Å²) in [5.41, 5.74) is 3.43. The summed E-state index contributed by atoms with van der Waals surface area (Å²) < 4.78 is 21.4. The molecule has 0 fully saturated rings. The van der Waals surface area contributed by atoms with Crippen LogP contribution in [0.3, 0.4) is 0 Å². The van der Waals surface area contributed by atoms with Gasteiger partial charge in [0.15, 0.2) is 11.6 Å². The molecule has 2 aromatic rings. The van der Waals surface area contributed by atoms with Crippen LogP contribution in [-0.2, 0) is 19.4 Å². The highest BCUT2D eigenvalue weighted by Crippen LogP contribution is 2.32. The number of hydrogen-bond acceptors (Lipinski definition) is 3. The van der Waals surface area contributed by atoms with Crippen LogP contribution in [0.5, 0.6) is 5.75 Å². The van der Waals surface area contributed by atoms with Crippen molar-refractivity contribution in [3.05, 3.63) is 69.4 Å². The van der Waals surface area contributed by atoms with Crippen LogP contribution in [0.25, 0.3) is 11.4 Å². The van der Waals surface area contributed by atoms with Gasteiger partial charge in [0.25, 0.3) is 5.56 Å². The molecular weight excluding hydrogens is 367 g/mol. The molecule has 3 rings (SSSR count). The number of halogens is 1. The number of hydrogen-bond donors (Lipinski definition) is 0. The lowest BCUT2D eigenvalue weighted by Crippen LogP contribution is -2.30. The Morgan fingerprint density at radius 3 is 2.83 bits per heavy atom. The number of aromatic nitrogens is 2. The molecule has 0 unspecified atom stereocenters. The number of para-hydroxylation sites is 1. The molecule has 0 atom stereocenters. The molecule has 1 aliphatic rings. The zero-order valence-electron chi connectivity index (χ0n) is 17.5. The molecule has 0 saturated heterocycles. The van der Waals surface area contributed by atoms with E-state index in [1.54, 1.807) is 16.7 Å². The van der Waals surface area contributed by atoms with Crippen molar-refractivity contribution < 1.29 is 9.13 Å². The van der Waals surface area contributed by atoms with Crippen molar-refractivity contribution in [3.63, 3.8) is 0 Å². The van der Waals surface area contributed by atoms with Gasteiger partial charge in [-0.05, 0) is 57.6 Å². The summed E-state index contributed by atoms with van der Waals surface area (Å²) in [6.45, 7) is 4.60. The highest BCUT2D eigenvalue weighted by atomic mass is 19.1. The Labute approximate surface area is 171 Å². The molecule has 4 nitrogen and oxygen atoms in total. The van der Waals surface area contributed by atoms with E-state index in [0.29, 0.717) is 17.9 Å². The van der Waals surface area contributed by atoms with Crippen LogP contribution in [0.1, 0.15) is 50.8 Å². The van der Waals surface area contributed by atoms with Crippen LogP contribution in [0.2, 0.25) is 0 Å². The minimum atomic E-state index is -0.453. The second-order valence-corrected chi connectivity index (χ2v) is 7.30. The van der Waals surface area contributed by atoms with Crippen molar-refractivity contribution in [2.45, 2.75) is 58.9 Å². The molecule has 0 spiro atoms. The number of fused-ring (bicyclic) bond motifs is 1. The SMILES string of the molecule is C/C=C\C=C(/CC)CCn1c(-c2cccc(F)c2OC)nc2c(c1=O)CCCC2. The number of ether oxygens (including phenoxy) is 1. The number of allylic oxidation sites excluding steroid dienone is 4. The maximum Gasteiger partial charge on any atom is 0.257 e. The van der Waals surface area contributed by atoms with Crippen molar-refractivity contribution in [1.29, 1.82) is 0 Å². The first kappa shape index (κ1) is 21.0. The summed E-state index contributed by atoms with van der Waals surface area (Å²) in [4.78, 5) is 18.2. The molecule has 0 N–H and O–H groups in total. The Morgan fingerprint density at radius 1 is 1.31 bits per heavy atom. The van der Waals surface area contributed by atoms with E-state index >= 15 is 0 Å². The molecule has 1 heterocycles. The van der Waals surface area contributed by atoms with Crippen LogP contribution in [0.4, 0.5) is 4.39 Å². The molecule has 29 heavy (non-hydrogen) atoms. The molecule has 1 aromatic carbocycles. The van der Waals surface area contributed by atoms with Crippen LogP contribution in [0, 0.1) is 5.82 Å². The Kier molecular flexibility index (Phi) is 7.02. The third kappa shape index (κ3) is 4.50. The number of rotatable bonds is 7. The molecular formula is C24H29FN2O2. The fourth-order valence-electron chi connectivity index (χ4n) is 3.86. The van der Waals surface area contributed by atoms with Gasteiger partial charge in [-0.2, -0.15) is 0 Å². The van der Waals surface area contributed by atoms with Gasteiger partial charge in [0.2, 0.25) is 0 Å². The molecule has 0 bridgehead atoms. The molecule has 0 aliphatic heterocycles. The molecule has 1 aromatic heterocycles. The molecule has 0 radical (unpaired) electrons. The first-order valence-corrected chi connectivity index (χ1v) is 10.4. The first-order valence-electron chi connectivity index (χ1n) is 10.4. The quantitative estimate of drug-likeness (QED) is 0.601. The van der Waals surface area contributed by atoms with Crippen LogP contribution < -0.4 is 10.3 Å². The van der Waals surface area contributed by atoms with Crippen molar-refractivity contribution >= 4 is 0 Å². The standard InChI is InChI=1S/C24H29FN2O2/c1-4-6-10-17(5-2)15-16-27-23(19-12-9-13-20(25)22(19)29-3)26-21-14-8-7-11-18(21)24(27)28/h4,6,9-10,12-13H,5,7-8,11,14-16H2,1-3H3/b6-4-,17-10+. The van der Waals surface area contributed by atoms with E-state index in [1.165, 1.54) is 18.7 Å². The van der Waals surface area contributed by atoms with Crippen LogP contribution in [-0.4, -0.2) is 16.7 Å². The maximum absolute atomic E-state index is 14.4. The summed E-state index contributed by atoms with van der Waals surface area (Å²) in [6, 6.07) is 4.76. The summed E-state index contributed by atoms with van der Waals surface area (Å²) in [5.74, 6) is 0.170. The predicted octanol–water partition coefficient (Wildman–Crippen LogP) is 5.24. The fraction of sp³-hybridized carbons (Fsp3) is 0.417. The third-order valence-corrected chi connectivity index (χ3v) is 5.49. The van der Waals surface area contributed by atoms with Gasteiger partial charge < -0.3 is 4.74 Å². The second-order valence-electron chi connectivity index (χ2n) is 7.30. The lowest BCUT2D eigenvalue weighted by molar-refractivity contribution is 0.387. The van der Waals surface area contributed by atoms with Gasteiger partial charge in [0, 0.05) is 12.1 Å². The van der Waals surface area contributed by atoms with Crippen LogP contribution >= 0.6 is 0 Å². The largest absolute Gasteiger partial charge is 0.493 e. The predicted molar refractivity (Wildman–Crippen MR) is 115 cm³/mol. The highest BCUT2D eigenvalue weighted by Gasteiger charge is 2.22. The number of aryl methyl sites for hydroxylation is 1. The number of benzene rings is 1. The monoisotopic (exact) mass is 396 g/mol. The van der Waals surface area contributed by atoms with Gasteiger partial charge in [0.05, 0.1) is 18.4 Å². The van der Waals surface area contributed by atoms with Gasteiger partial charge >= 0.3 is 0 Å². The third-order valence-electron chi connectivity index (χ3n) is 5.49. The Bertz CT molecular complexity index is 989. The molecule has 1 aliphatic carbocycles. The second kappa shape index (κ2) is 9.68. The summed E-state index contributed by atoms with van der Waals surface area (Å²) in [5, 5.41) is 0. The van der Waals surface area contributed by atoms with E-state index in [4.69, 9.17) is 9.72 Å². The Morgan fingerprint density at radius 2 is 2.10 bits per heavy atom. The lowest BCUT2D eigenvalue weighted by Gasteiger charge is -2.21. The van der Waals surface area contributed by atoms with E-state index in [9.17, 15) is 9.18 Å². The van der Waals surface area contributed by atoms with Gasteiger partial charge in [-0.25, -0.2) is 9.37 Å². The van der Waals surface area contributed by atoms with Crippen molar-refractivity contribution in [3.8, 4) is 17.1 Å². The van der Waals surface area contributed by atoms with E-state index in [-0.39, 0.29) is 11.3 Å². The van der Waals surface area contributed by atoms with Crippen molar-refractivity contribution in [1.82, 2.24) is 9.55 Å². The van der Waals surface area contributed by atoms with Crippen LogP contribution in [0.15, 0.2) is 46.8 Å². The average molecular weight is 397 g/mol. The minimum absolute atomic E-state index is 0.00231. The minimum Gasteiger partial charge on any atom is -0.493 e. The van der Waals surface area contributed by atoms with E-state index in [0.717, 1.165) is 49.8 Å². The average Bonchev–Trinajstić information content (AvgIpc) is 2.74. The zero-order valence-corrected chi connectivity index (χ0v) is 17.5. The maximum atomic E-state index is 14.4. The van der Waals surface area contributed by atoms with Gasteiger partial charge in [-0.3, -0.25) is 9.36 Å². The van der Waals surface area contributed by atoms with Crippen molar-refractivity contribution in [2.24, 2.45) is 0 Å². The molecule has 0 saturated carbocycles. The normalized spacial score (nSPS) is 14.3. The smallest absolute Gasteiger partial charge is 0.257 e. The summed E-state index contributed by atoms with van der Waals surface area (Å²) in [7, 11) is 1.44. The van der Waals surface area contributed by atoms with E-state index in [1.807, 2.05) is 19.1 Å². The topological polar surface area (TPSA) is 44.1 Å². The Hall–Kier alpha value is -2.69. The molecule has 154 valence electrons. The zero-order chi connectivity index (χ0) is 20.8. The molecule has 5 heteroatoms. The van der Waals surface area contributed by atoms with E-state index < -0.39 is 5.82 Å². The summed E-state index contributed by atoms with van der Waals surface area (Å²) >= 11 is 0. The van der Waals surface area contributed by atoms with Gasteiger partial charge in [-0.15, -0.1) is 0 Å². The van der Waals surface area contributed by atoms with Gasteiger partial charge in [-0.1, -0.05) is 36.8 Å². The molecule has 0 amide bonds. The van der Waals surface area contributed by atoms with Gasteiger partial charge in [0.1, 0.15) is 5.82 Å². The number of methoxy groups -OCH3 is 1.